The normalized spacial score (nSPS) is 15.0. The molecule has 0 aromatic rings. The highest BCUT2D eigenvalue weighted by atomic mass is 16.3. The van der Waals surface area contributed by atoms with Crippen LogP contribution in [0, 0.1) is 11.3 Å². The third kappa shape index (κ3) is 9.88. The van der Waals surface area contributed by atoms with Gasteiger partial charge in [0.05, 0.1) is 6.10 Å². The van der Waals surface area contributed by atoms with Crippen molar-refractivity contribution in [2.24, 2.45) is 11.3 Å². The third-order valence-corrected chi connectivity index (χ3v) is 2.17. The van der Waals surface area contributed by atoms with Gasteiger partial charge in [-0.05, 0) is 24.2 Å². The van der Waals surface area contributed by atoms with Gasteiger partial charge in [0.15, 0.2) is 0 Å². The number of hydrogen-bond donors (Lipinski definition) is 1. The van der Waals surface area contributed by atoms with Gasteiger partial charge in [-0.3, -0.25) is 0 Å². The van der Waals surface area contributed by atoms with Gasteiger partial charge in [-0.15, -0.1) is 0 Å². The molecule has 80 valence electrons. The van der Waals surface area contributed by atoms with Crippen LogP contribution in [0.4, 0.5) is 0 Å². The fourth-order valence-electron chi connectivity index (χ4n) is 1.57. The van der Waals surface area contributed by atoms with E-state index < -0.39 is 0 Å². The molecular formula is C12H26O. The van der Waals surface area contributed by atoms with Crippen LogP contribution < -0.4 is 0 Å². The maximum Gasteiger partial charge on any atom is 0.0545 e. The molecule has 0 saturated heterocycles. The summed E-state index contributed by atoms with van der Waals surface area (Å²) in [6.07, 6.45) is 4.19. The standard InChI is InChI=1S/C12H26O/c1-10(2)7-6-8-11(13)9-12(3,4)5/h10-11,13H,6-9H2,1-5H3. The van der Waals surface area contributed by atoms with E-state index in [0.717, 1.165) is 25.2 Å². The average molecular weight is 186 g/mol. The van der Waals surface area contributed by atoms with E-state index in [9.17, 15) is 5.11 Å². The second kappa shape index (κ2) is 5.64. The molecule has 1 heteroatoms. The van der Waals surface area contributed by atoms with Crippen LogP contribution in [0.5, 0.6) is 0 Å². The molecule has 0 spiro atoms. The molecule has 0 aromatic heterocycles. The Hall–Kier alpha value is -0.0400. The summed E-state index contributed by atoms with van der Waals surface area (Å²) in [4.78, 5) is 0. The molecule has 0 rings (SSSR count). The quantitative estimate of drug-likeness (QED) is 0.695. The number of rotatable bonds is 5. The monoisotopic (exact) mass is 186 g/mol. The molecule has 0 aliphatic heterocycles. The summed E-state index contributed by atoms with van der Waals surface area (Å²) in [5.74, 6) is 0.766. The molecule has 13 heavy (non-hydrogen) atoms. The summed E-state index contributed by atoms with van der Waals surface area (Å²) in [5, 5.41) is 9.70. The van der Waals surface area contributed by atoms with Crippen molar-refractivity contribution in [2.75, 3.05) is 0 Å². The zero-order valence-electron chi connectivity index (χ0n) is 9.93. The summed E-state index contributed by atoms with van der Waals surface area (Å²) in [6.45, 7) is 11.0. The summed E-state index contributed by atoms with van der Waals surface area (Å²) in [5.41, 5.74) is 0.261. The van der Waals surface area contributed by atoms with Gasteiger partial charge in [-0.2, -0.15) is 0 Å². The number of aliphatic hydroxyl groups is 1. The van der Waals surface area contributed by atoms with Gasteiger partial charge in [-0.1, -0.05) is 47.5 Å². The van der Waals surface area contributed by atoms with E-state index in [0.29, 0.717) is 0 Å². The predicted molar refractivity (Wildman–Crippen MR) is 58.8 cm³/mol. The van der Waals surface area contributed by atoms with E-state index in [1.54, 1.807) is 0 Å². The Morgan fingerprint density at radius 1 is 1.08 bits per heavy atom. The maximum atomic E-state index is 9.70. The smallest absolute Gasteiger partial charge is 0.0545 e. The fourth-order valence-corrected chi connectivity index (χ4v) is 1.57. The lowest BCUT2D eigenvalue weighted by Gasteiger charge is -2.22. The first-order valence-electron chi connectivity index (χ1n) is 5.49. The molecule has 0 aromatic carbocycles. The molecule has 1 atom stereocenters. The highest BCUT2D eigenvalue weighted by molar-refractivity contribution is 4.68. The highest BCUT2D eigenvalue weighted by Crippen LogP contribution is 2.23. The summed E-state index contributed by atoms with van der Waals surface area (Å²) >= 11 is 0. The van der Waals surface area contributed by atoms with Gasteiger partial charge < -0.3 is 5.11 Å². The lowest BCUT2D eigenvalue weighted by Crippen LogP contribution is -2.17. The predicted octanol–water partition coefficient (Wildman–Crippen LogP) is 3.61. The Balaban J connectivity index is 3.46. The maximum absolute atomic E-state index is 9.70. The van der Waals surface area contributed by atoms with Crippen LogP contribution in [0.1, 0.15) is 60.3 Å². The largest absolute Gasteiger partial charge is 0.393 e. The molecular weight excluding hydrogens is 160 g/mol. The van der Waals surface area contributed by atoms with Crippen LogP contribution >= 0.6 is 0 Å². The molecule has 0 aliphatic carbocycles. The first-order valence-corrected chi connectivity index (χ1v) is 5.49. The topological polar surface area (TPSA) is 20.2 Å². The van der Waals surface area contributed by atoms with Gasteiger partial charge >= 0.3 is 0 Å². The molecule has 0 bridgehead atoms. The molecule has 1 unspecified atom stereocenters. The minimum Gasteiger partial charge on any atom is -0.393 e. The summed E-state index contributed by atoms with van der Waals surface area (Å²) in [6, 6.07) is 0. The molecule has 0 radical (unpaired) electrons. The molecule has 0 saturated carbocycles. The molecule has 0 aliphatic rings. The van der Waals surface area contributed by atoms with Crippen molar-refractivity contribution in [2.45, 2.75) is 66.4 Å². The van der Waals surface area contributed by atoms with Crippen LogP contribution in [0.2, 0.25) is 0 Å². The second-order valence-corrected chi connectivity index (χ2v) is 5.74. The first kappa shape index (κ1) is 13.0. The van der Waals surface area contributed by atoms with E-state index in [2.05, 4.69) is 34.6 Å². The van der Waals surface area contributed by atoms with Crippen LogP contribution in [0.3, 0.4) is 0 Å². The summed E-state index contributed by atoms with van der Waals surface area (Å²) < 4.78 is 0. The Morgan fingerprint density at radius 3 is 2.00 bits per heavy atom. The minimum atomic E-state index is -0.0984. The van der Waals surface area contributed by atoms with E-state index in [4.69, 9.17) is 0 Å². The van der Waals surface area contributed by atoms with Crippen LogP contribution in [0.25, 0.3) is 0 Å². The van der Waals surface area contributed by atoms with E-state index in [-0.39, 0.29) is 11.5 Å². The van der Waals surface area contributed by atoms with Crippen molar-refractivity contribution in [1.29, 1.82) is 0 Å². The Morgan fingerprint density at radius 2 is 1.62 bits per heavy atom. The van der Waals surface area contributed by atoms with Gasteiger partial charge in [0.1, 0.15) is 0 Å². The molecule has 0 heterocycles. The Bertz CT molecular complexity index is 122. The van der Waals surface area contributed by atoms with Crippen LogP contribution in [0.15, 0.2) is 0 Å². The number of hydrogen-bond acceptors (Lipinski definition) is 1. The molecule has 0 amide bonds. The van der Waals surface area contributed by atoms with E-state index in [1.807, 2.05) is 0 Å². The highest BCUT2D eigenvalue weighted by Gasteiger charge is 2.16. The lowest BCUT2D eigenvalue weighted by atomic mass is 9.87. The van der Waals surface area contributed by atoms with Gasteiger partial charge in [0.25, 0.3) is 0 Å². The molecule has 0 fully saturated rings. The van der Waals surface area contributed by atoms with Crippen LogP contribution in [-0.2, 0) is 0 Å². The molecule has 1 nitrogen and oxygen atoms in total. The zero-order chi connectivity index (χ0) is 10.5. The van der Waals surface area contributed by atoms with Gasteiger partial charge in [0, 0.05) is 0 Å². The van der Waals surface area contributed by atoms with Gasteiger partial charge in [-0.25, -0.2) is 0 Å². The van der Waals surface area contributed by atoms with Crippen molar-refractivity contribution < 1.29 is 5.11 Å². The van der Waals surface area contributed by atoms with Crippen LogP contribution in [-0.4, -0.2) is 11.2 Å². The van der Waals surface area contributed by atoms with Crippen molar-refractivity contribution in [1.82, 2.24) is 0 Å². The van der Waals surface area contributed by atoms with E-state index >= 15 is 0 Å². The van der Waals surface area contributed by atoms with Gasteiger partial charge in [0.2, 0.25) is 0 Å². The summed E-state index contributed by atoms with van der Waals surface area (Å²) in [7, 11) is 0. The number of aliphatic hydroxyl groups excluding tert-OH is 1. The van der Waals surface area contributed by atoms with Crippen molar-refractivity contribution in [3.05, 3.63) is 0 Å². The fraction of sp³-hybridized carbons (Fsp3) is 1.00. The second-order valence-electron chi connectivity index (χ2n) is 5.74. The third-order valence-electron chi connectivity index (χ3n) is 2.17. The lowest BCUT2D eigenvalue weighted by molar-refractivity contribution is 0.109. The Labute approximate surface area is 83.5 Å². The Kier molecular flexibility index (Phi) is 5.62. The minimum absolute atomic E-state index is 0.0984. The van der Waals surface area contributed by atoms with Crippen molar-refractivity contribution >= 4 is 0 Å². The van der Waals surface area contributed by atoms with Crippen molar-refractivity contribution in [3.8, 4) is 0 Å². The first-order chi connectivity index (χ1) is 5.81. The van der Waals surface area contributed by atoms with E-state index in [1.165, 1.54) is 6.42 Å². The molecule has 1 N–H and O–H groups in total. The zero-order valence-corrected chi connectivity index (χ0v) is 9.93. The SMILES string of the molecule is CC(C)CCCC(O)CC(C)(C)C. The van der Waals surface area contributed by atoms with Crippen molar-refractivity contribution in [3.63, 3.8) is 0 Å². The average Bonchev–Trinajstić information content (AvgIpc) is 1.81.